The SMILES string of the molecule is COc1ccccc1NC(=O)NC(C)c1ccc(OC)c(OC)c1. The summed E-state index contributed by atoms with van der Waals surface area (Å²) in [6.45, 7) is 1.89. The number of ether oxygens (including phenoxy) is 3. The third-order valence-electron chi connectivity index (χ3n) is 3.61. The molecule has 0 aromatic heterocycles. The molecule has 0 aliphatic carbocycles. The monoisotopic (exact) mass is 330 g/mol. The first-order valence-electron chi connectivity index (χ1n) is 7.51. The van der Waals surface area contributed by atoms with Crippen LogP contribution < -0.4 is 24.8 Å². The fourth-order valence-electron chi connectivity index (χ4n) is 2.31. The number of para-hydroxylation sites is 2. The standard InChI is InChI=1S/C18H22N2O4/c1-12(13-9-10-16(23-3)17(11-13)24-4)19-18(21)20-14-7-5-6-8-15(14)22-2/h5-12H,1-4H3,(H2,19,20,21). The van der Waals surface area contributed by atoms with Crippen LogP contribution in [0.2, 0.25) is 0 Å². The van der Waals surface area contributed by atoms with E-state index < -0.39 is 0 Å². The first-order valence-corrected chi connectivity index (χ1v) is 7.51. The van der Waals surface area contributed by atoms with Gasteiger partial charge in [0.1, 0.15) is 5.75 Å². The number of nitrogens with one attached hydrogen (secondary N) is 2. The maximum Gasteiger partial charge on any atom is 0.319 e. The van der Waals surface area contributed by atoms with Gasteiger partial charge in [0.2, 0.25) is 0 Å². The predicted octanol–water partition coefficient (Wildman–Crippen LogP) is 3.60. The molecule has 0 spiro atoms. The van der Waals surface area contributed by atoms with E-state index in [1.165, 1.54) is 0 Å². The zero-order valence-electron chi connectivity index (χ0n) is 14.3. The molecular formula is C18H22N2O4. The van der Waals surface area contributed by atoms with Crippen LogP contribution in [0, 0.1) is 0 Å². The largest absolute Gasteiger partial charge is 0.495 e. The van der Waals surface area contributed by atoms with Crippen molar-refractivity contribution < 1.29 is 19.0 Å². The first-order chi connectivity index (χ1) is 11.6. The van der Waals surface area contributed by atoms with E-state index in [1.54, 1.807) is 33.5 Å². The summed E-state index contributed by atoms with van der Waals surface area (Å²) in [5, 5.41) is 5.67. The molecule has 0 aliphatic heterocycles. The Kier molecular flexibility index (Phi) is 5.89. The van der Waals surface area contributed by atoms with Crippen molar-refractivity contribution in [3.63, 3.8) is 0 Å². The van der Waals surface area contributed by atoms with Crippen molar-refractivity contribution in [1.29, 1.82) is 0 Å². The van der Waals surface area contributed by atoms with E-state index in [0.29, 0.717) is 22.9 Å². The topological polar surface area (TPSA) is 68.8 Å². The number of methoxy groups -OCH3 is 3. The van der Waals surface area contributed by atoms with Gasteiger partial charge in [-0.3, -0.25) is 0 Å². The molecule has 0 bridgehead atoms. The van der Waals surface area contributed by atoms with Crippen molar-refractivity contribution in [2.24, 2.45) is 0 Å². The van der Waals surface area contributed by atoms with Gasteiger partial charge in [0, 0.05) is 0 Å². The number of carbonyl (C=O) groups is 1. The number of hydrogen-bond acceptors (Lipinski definition) is 4. The molecular weight excluding hydrogens is 308 g/mol. The van der Waals surface area contributed by atoms with Crippen molar-refractivity contribution >= 4 is 11.7 Å². The third kappa shape index (κ3) is 4.10. The molecule has 1 atom stereocenters. The molecule has 6 nitrogen and oxygen atoms in total. The highest BCUT2D eigenvalue weighted by Crippen LogP contribution is 2.30. The summed E-state index contributed by atoms with van der Waals surface area (Å²) in [4.78, 5) is 12.2. The lowest BCUT2D eigenvalue weighted by Gasteiger charge is -2.17. The molecule has 2 rings (SSSR count). The van der Waals surface area contributed by atoms with Crippen molar-refractivity contribution in [3.8, 4) is 17.2 Å². The molecule has 128 valence electrons. The molecule has 2 aromatic rings. The molecule has 0 fully saturated rings. The lowest BCUT2D eigenvalue weighted by atomic mass is 10.1. The molecule has 24 heavy (non-hydrogen) atoms. The Morgan fingerprint density at radius 3 is 2.25 bits per heavy atom. The number of urea groups is 1. The van der Waals surface area contributed by atoms with E-state index >= 15 is 0 Å². The summed E-state index contributed by atoms with van der Waals surface area (Å²) in [6.07, 6.45) is 0. The van der Waals surface area contributed by atoms with Gasteiger partial charge in [-0.2, -0.15) is 0 Å². The van der Waals surface area contributed by atoms with Crippen LogP contribution in [0.4, 0.5) is 10.5 Å². The third-order valence-corrected chi connectivity index (χ3v) is 3.61. The Balaban J connectivity index is 2.06. The molecule has 2 N–H and O–H groups in total. The summed E-state index contributed by atoms with van der Waals surface area (Å²) in [5.41, 5.74) is 1.51. The van der Waals surface area contributed by atoms with Gasteiger partial charge < -0.3 is 24.8 Å². The van der Waals surface area contributed by atoms with Gasteiger partial charge in [-0.15, -0.1) is 0 Å². The molecule has 0 radical (unpaired) electrons. The average molecular weight is 330 g/mol. The van der Waals surface area contributed by atoms with Crippen molar-refractivity contribution in [1.82, 2.24) is 5.32 Å². The molecule has 0 heterocycles. The maximum atomic E-state index is 12.2. The molecule has 0 saturated carbocycles. The van der Waals surface area contributed by atoms with Crippen LogP contribution in [-0.2, 0) is 0 Å². The highest BCUT2D eigenvalue weighted by Gasteiger charge is 2.13. The van der Waals surface area contributed by atoms with Crippen LogP contribution in [0.3, 0.4) is 0 Å². The van der Waals surface area contributed by atoms with E-state index in [-0.39, 0.29) is 12.1 Å². The normalized spacial score (nSPS) is 11.3. The second-order valence-corrected chi connectivity index (χ2v) is 5.13. The van der Waals surface area contributed by atoms with Crippen LogP contribution in [0.25, 0.3) is 0 Å². The van der Waals surface area contributed by atoms with Gasteiger partial charge in [-0.25, -0.2) is 4.79 Å². The number of hydrogen-bond donors (Lipinski definition) is 2. The van der Waals surface area contributed by atoms with Gasteiger partial charge in [-0.1, -0.05) is 18.2 Å². The van der Waals surface area contributed by atoms with Gasteiger partial charge in [0.05, 0.1) is 33.1 Å². The average Bonchev–Trinajstić information content (AvgIpc) is 2.61. The highest BCUT2D eigenvalue weighted by molar-refractivity contribution is 5.91. The molecule has 2 amide bonds. The summed E-state index contributed by atoms with van der Waals surface area (Å²) in [5.74, 6) is 1.87. The van der Waals surface area contributed by atoms with Gasteiger partial charge in [0.25, 0.3) is 0 Å². The minimum atomic E-state index is -0.318. The maximum absolute atomic E-state index is 12.2. The van der Waals surface area contributed by atoms with Gasteiger partial charge >= 0.3 is 6.03 Å². The molecule has 0 saturated heterocycles. The molecule has 1 unspecified atom stereocenters. The van der Waals surface area contributed by atoms with E-state index in [1.807, 2.05) is 37.3 Å². The number of carbonyl (C=O) groups excluding carboxylic acids is 1. The Morgan fingerprint density at radius 1 is 0.917 bits per heavy atom. The Labute approximate surface area is 141 Å². The molecule has 6 heteroatoms. The van der Waals surface area contributed by atoms with Gasteiger partial charge in [-0.05, 0) is 36.8 Å². The minimum absolute atomic E-state index is 0.209. The lowest BCUT2D eigenvalue weighted by molar-refractivity contribution is 0.249. The zero-order valence-corrected chi connectivity index (χ0v) is 14.3. The van der Waals surface area contributed by atoms with Crippen LogP contribution >= 0.6 is 0 Å². The van der Waals surface area contributed by atoms with Crippen LogP contribution in [0.5, 0.6) is 17.2 Å². The number of amides is 2. The highest BCUT2D eigenvalue weighted by atomic mass is 16.5. The smallest absolute Gasteiger partial charge is 0.319 e. The van der Waals surface area contributed by atoms with E-state index in [4.69, 9.17) is 14.2 Å². The quantitative estimate of drug-likeness (QED) is 0.849. The van der Waals surface area contributed by atoms with E-state index in [2.05, 4.69) is 10.6 Å². The molecule has 0 aliphatic rings. The minimum Gasteiger partial charge on any atom is -0.495 e. The zero-order chi connectivity index (χ0) is 17.5. The summed E-state index contributed by atoms with van der Waals surface area (Å²) in [7, 11) is 4.72. The number of benzene rings is 2. The Morgan fingerprint density at radius 2 is 1.58 bits per heavy atom. The molecule has 2 aromatic carbocycles. The fourth-order valence-corrected chi connectivity index (χ4v) is 2.31. The predicted molar refractivity (Wildman–Crippen MR) is 93.1 cm³/mol. The number of rotatable bonds is 6. The van der Waals surface area contributed by atoms with Gasteiger partial charge in [0.15, 0.2) is 11.5 Å². The van der Waals surface area contributed by atoms with E-state index in [0.717, 1.165) is 5.56 Å². The van der Waals surface area contributed by atoms with Crippen LogP contribution in [0.15, 0.2) is 42.5 Å². The Bertz CT molecular complexity index is 703. The van der Waals surface area contributed by atoms with Crippen LogP contribution in [0.1, 0.15) is 18.5 Å². The summed E-state index contributed by atoms with van der Waals surface area (Å²) >= 11 is 0. The summed E-state index contributed by atoms with van der Waals surface area (Å²) in [6, 6.07) is 12.2. The van der Waals surface area contributed by atoms with Crippen molar-refractivity contribution in [2.45, 2.75) is 13.0 Å². The second kappa shape index (κ2) is 8.10. The fraction of sp³-hybridized carbons (Fsp3) is 0.278. The van der Waals surface area contributed by atoms with E-state index in [9.17, 15) is 4.79 Å². The lowest BCUT2D eigenvalue weighted by Crippen LogP contribution is -2.31. The second-order valence-electron chi connectivity index (χ2n) is 5.13. The Hall–Kier alpha value is -2.89. The van der Waals surface area contributed by atoms with Crippen molar-refractivity contribution in [2.75, 3.05) is 26.6 Å². The number of anilines is 1. The van der Waals surface area contributed by atoms with Crippen molar-refractivity contribution in [3.05, 3.63) is 48.0 Å². The van der Waals surface area contributed by atoms with Crippen LogP contribution in [-0.4, -0.2) is 27.4 Å². The summed E-state index contributed by atoms with van der Waals surface area (Å²) < 4.78 is 15.7. The first kappa shape index (κ1) is 17.5.